The Morgan fingerprint density at radius 2 is 2.12 bits per heavy atom. The first-order valence-electron chi connectivity index (χ1n) is 9.24. The first-order valence-corrected chi connectivity index (χ1v) is 9.24. The zero-order valence-corrected chi connectivity index (χ0v) is 15.3. The van der Waals surface area contributed by atoms with Crippen LogP contribution in [0.3, 0.4) is 0 Å². The Kier molecular flexibility index (Phi) is 5.66. The van der Waals surface area contributed by atoms with Crippen molar-refractivity contribution < 1.29 is 9.18 Å². The van der Waals surface area contributed by atoms with E-state index >= 15 is 0 Å². The van der Waals surface area contributed by atoms with Gasteiger partial charge in [-0.25, -0.2) is 4.39 Å². The smallest absolute Gasteiger partial charge is 0.241 e. The van der Waals surface area contributed by atoms with Crippen molar-refractivity contribution in [2.24, 2.45) is 11.7 Å². The zero-order valence-electron chi connectivity index (χ0n) is 15.3. The molecule has 1 aliphatic heterocycles. The summed E-state index contributed by atoms with van der Waals surface area (Å²) in [6, 6.07) is 3.90. The Bertz CT molecular complexity index is 786. The molecule has 7 heteroatoms. The molecule has 3 N–H and O–H groups in total. The van der Waals surface area contributed by atoms with E-state index in [2.05, 4.69) is 15.5 Å². The van der Waals surface area contributed by atoms with E-state index < -0.39 is 6.04 Å². The quantitative estimate of drug-likeness (QED) is 0.859. The number of nitrogens with one attached hydrogen (secondary N) is 1. The van der Waals surface area contributed by atoms with Crippen molar-refractivity contribution in [3.63, 3.8) is 0 Å². The summed E-state index contributed by atoms with van der Waals surface area (Å²) in [5.74, 6) is 1.09. The van der Waals surface area contributed by atoms with Gasteiger partial charge in [-0.05, 0) is 43.4 Å². The Hall–Kier alpha value is -2.28. The van der Waals surface area contributed by atoms with Crippen molar-refractivity contribution in [1.29, 1.82) is 0 Å². The van der Waals surface area contributed by atoms with Crippen LogP contribution in [0, 0.1) is 11.7 Å². The number of carbonyl (C=O) groups is 1. The van der Waals surface area contributed by atoms with E-state index in [1.807, 2.05) is 18.4 Å². The minimum absolute atomic E-state index is 0.267. The maximum atomic E-state index is 14.5. The fourth-order valence-corrected chi connectivity index (χ4v) is 3.31. The van der Waals surface area contributed by atoms with Crippen LogP contribution in [0.5, 0.6) is 0 Å². The molecule has 0 fully saturated rings. The van der Waals surface area contributed by atoms with Crippen molar-refractivity contribution in [1.82, 2.24) is 14.8 Å². The summed E-state index contributed by atoms with van der Waals surface area (Å²) in [7, 11) is 0. The number of hydrogen-bond donors (Lipinski definition) is 2. The van der Waals surface area contributed by atoms with Gasteiger partial charge < -0.3 is 15.6 Å². The normalized spacial score (nSPS) is 15.4. The number of aryl methyl sites for hydroxylation is 1. The first-order chi connectivity index (χ1) is 12.5. The Morgan fingerprint density at radius 3 is 2.88 bits per heavy atom. The molecule has 0 unspecified atom stereocenters. The van der Waals surface area contributed by atoms with E-state index in [1.165, 1.54) is 6.07 Å². The molecule has 1 aromatic heterocycles. The van der Waals surface area contributed by atoms with Gasteiger partial charge in [0, 0.05) is 18.7 Å². The predicted octanol–water partition coefficient (Wildman–Crippen LogP) is 3.12. The second kappa shape index (κ2) is 7.95. The number of aromatic nitrogens is 3. The molecule has 3 rings (SSSR count). The molecule has 2 aromatic rings. The lowest BCUT2D eigenvalue weighted by molar-refractivity contribution is -0.117. The fraction of sp³-hybridized carbons (Fsp3) is 0.526. The summed E-state index contributed by atoms with van der Waals surface area (Å²) in [4.78, 5) is 12.2. The van der Waals surface area contributed by atoms with Crippen molar-refractivity contribution in [3.8, 4) is 11.4 Å². The molecule has 0 spiro atoms. The average molecular weight is 359 g/mol. The van der Waals surface area contributed by atoms with Crippen molar-refractivity contribution in [2.45, 2.75) is 58.5 Å². The SMILES string of the molecule is CC(C)C[C@H](N)C(=O)Nc1ccc(F)c(-c2nnc3n2CCCCC3)c1. The molecular formula is C19H26FN5O. The van der Waals surface area contributed by atoms with Gasteiger partial charge in [0.15, 0.2) is 5.82 Å². The van der Waals surface area contributed by atoms with E-state index in [0.717, 1.165) is 38.1 Å². The second-order valence-corrected chi connectivity index (χ2v) is 7.32. The third-order valence-electron chi connectivity index (χ3n) is 4.65. The van der Waals surface area contributed by atoms with E-state index in [-0.39, 0.29) is 11.7 Å². The van der Waals surface area contributed by atoms with E-state index in [4.69, 9.17) is 5.73 Å². The number of fused-ring (bicyclic) bond motifs is 1. The number of halogens is 1. The number of benzene rings is 1. The molecule has 0 saturated carbocycles. The van der Waals surface area contributed by atoms with Gasteiger partial charge in [0.2, 0.25) is 5.91 Å². The summed E-state index contributed by atoms with van der Waals surface area (Å²) in [6.45, 7) is 4.81. The number of nitrogens with zero attached hydrogens (tertiary/aromatic N) is 3. The monoisotopic (exact) mass is 359 g/mol. The highest BCUT2D eigenvalue weighted by atomic mass is 19.1. The van der Waals surface area contributed by atoms with Crippen LogP contribution in [-0.2, 0) is 17.8 Å². The van der Waals surface area contributed by atoms with Crippen LogP contribution in [0.1, 0.15) is 45.4 Å². The van der Waals surface area contributed by atoms with Gasteiger partial charge in [0.25, 0.3) is 0 Å². The number of hydrogen-bond acceptors (Lipinski definition) is 4. The molecule has 0 saturated heterocycles. The molecule has 2 heterocycles. The Labute approximate surface area is 153 Å². The fourth-order valence-electron chi connectivity index (χ4n) is 3.31. The lowest BCUT2D eigenvalue weighted by atomic mass is 10.0. The molecule has 0 radical (unpaired) electrons. The van der Waals surface area contributed by atoms with Crippen LogP contribution < -0.4 is 11.1 Å². The van der Waals surface area contributed by atoms with Gasteiger partial charge in [-0.1, -0.05) is 20.3 Å². The van der Waals surface area contributed by atoms with Gasteiger partial charge >= 0.3 is 0 Å². The van der Waals surface area contributed by atoms with E-state index in [0.29, 0.717) is 29.4 Å². The predicted molar refractivity (Wildman–Crippen MR) is 99.0 cm³/mol. The summed E-state index contributed by atoms with van der Waals surface area (Å²) in [5, 5.41) is 11.2. The maximum absolute atomic E-state index is 14.5. The molecule has 1 amide bonds. The van der Waals surface area contributed by atoms with Crippen LogP contribution in [-0.4, -0.2) is 26.7 Å². The van der Waals surface area contributed by atoms with Crippen LogP contribution in [0.4, 0.5) is 10.1 Å². The highest BCUT2D eigenvalue weighted by Crippen LogP contribution is 2.27. The van der Waals surface area contributed by atoms with E-state index in [9.17, 15) is 9.18 Å². The van der Waals surface area contributed by atoms with Gasteiger partial charge in [-0.3, -0.25) is 4.79 Å². The van der Waals surface area contributed by atoms with Gasteiger partial charge in [0.1, 0.15) is 11.6 Å². The summed E-state index contributed by atoms with van der Waals surface area (Å²) in [6.07, 6.45) is 4.69. The first kappa shape index (κ1) is 18.5. The summed E-state index contributed by atoms with van der Waals surface area (Å²) >= 11 is 0. The standard InChI is InChI=1S/C19H26FN5O/c1-12(2)10-16(21)19(26)22-13-7-8-15(20)14(11-13)18-24-23-17-6-4-3-5-9-25(17)18/h7-8,11-12,16H,3-6,9-10,21H2,1-2H3,(H,22,26)/t16-/m0/s1. The number of rotatable bonds is 5. The number of carbonyl (C=O) groups excluding carboxylic acids is 1. The van der Waals surface area contributed by atoms with Gasteiger partial charge in [-0.15, -0.1) is 10.2 Å². The third-order valence-corrected chi connectivity index (χ3v) is 4.65. The molecule has 140 valence electrons. The largest absolute Gasteiger partial charge is 0.325 e. The third kappa shape index (κ3) is 4.09. The van der Waals surface area contributed by atoms with Crippen LogP contribution in [0.2, 0.25) is 0 Å². The summed E-state index contributed by atoms with van der Waals surface area (Å²) < 4.78 is 16.4. The van der Waals surface area contributed by atoms with Crippen LogP contribution in [0.15, 0.2) is 18.2 Å². The second-order valence-electron chi connectivity index (χ2n) is 7.32. The van der Waals surface area contributed by atoms with Crippen LogP contribution in [0.25, 0.3) is 11.4 Å². The molecular weight excluding hydrogens is 333 g/mol. The van der Waals surface area contributed by atoms with Crippen LogP contribution >= 0.6 is 0 Å². The molecule has 1 aliphatic rings. The van der Waals surface area contributed by atoms with Gasteiger partial charge in [0.05, 0.1) is 11.6 Å². The van der Waals surface area contributed by atoms with Crippen molar-refractivity contribution in [2.75, 3.05) is 5.32 Å². The lowest BCUT2D eigenvalue weighted by Gasteiger charge is -2.15. The molecule has 1 aromatic carbocycles. The molecule has 1 atom stereocenters. The Morgan fingerprint density at radius 1 is 1.31 bits per heavy atom. The highest BCUT2D eigenvalue weighted by Gasteiger charge is 2.20. The van der Waals surface area contributed by atoms with Crippen molar-refractivity contribution in [3.05, 3.63) is 29.8 Å². The molecule has 26 heavy (non-hydrogen) atoms. The minimum Gasteiger partial charge on any atom is -0.325 e. The van der Waals surface area contributed by atoms with E-state index in [1.54, 1.807) is 12.1 Å². The average Bonchev–Trinajstić information content (AvgIpc) is 2.84. The molecule has 0 aliphatic carbocycles. The number of amides is 1. The van der Waals surface area contributed by atoms with Crippen molar-refractivity contribution >= 4 is 11.6 Å². The number of nitrogens with two attached hydrogens (primary N) is 1. The lowest BCUT2D eigenvalue weighted by Crippen LogP contribution is -2.36. The molecule has 6 nitrogen and oxygen atoms in total. The maximum Gasteiger partial charge on any atom is 0.241 e. The minimum atomic E-state index is -0.590. The summed E-state index contributed by atoms with van der Waals surface area (Å²) in [5.41, 5.74) is 6.78. The molecule has 0 bridgehead atoms. The van der Waals surface area contributed by atoms with Gasteiger partial charge in [-0.2, -0.15) is 0 Å². The number of anilines is 1. The zero-order chi connectivity index (χ0) is 18.7. The topological polar surface area (TPSA) is 85.8 Å². The highest BCUT2D eigenvalue weighted by molar-refractivity contribution is 5.95. The Balaban J connectivity index is 1.85.